The van der Waals surface area contributed by atoms with E-state index in [1.807, 2.05) is 76.6 Å². The van der Waals surface area contributed by atoms with Gasteiger partial charge >= 0.3 is 12.0 Å². The Balaban J connectivity index is 1.39. The van der Waals surface area contributed by atoms with E-state index in [1.54, 1.807) is 22.5 Å². The van der Waals surface area contributed by atoms with Crippen LogP contribution in [0.15, 0.2) is 71.9 Å². The molecule has 54 heavy (non-hydrogen) atoms. The number of carbonyl (C=O) groups excluding carboxylic acids is 2. The van der Waals surface area contributed by atoms with E-state index in [0.717, 1.165) is 38.9 Å². The number of para-hydroxylation sites is 1. The number of esters is 1. The lowest BCUT2D eigenvalue weighted by Crippen LogP contribution is -2.37. The van der Waals surface area contributed by atoms with Gasteiger partial charge in [-0.15, -0.1) is 15.9 Å². The Hall–Kier alpha value is -5.09. The van der Waals surface area contributed by atoms with Crippen molar-refractivity contribution in [3.05, 3.63) is 94.8 Å². The highest BCUT2D eigenvalue weighted by atomic mass is 32.3. The topological polar surface area (TPSA) is 174 Å². The van der Waals surface area contributed by atoms with Crippen LogP contribution in [0.1, 0.15) is 67.9 Å². The summed E-state index contributed by atoms with van der Waals surface area (Å²) in [7, 11) is -2.14. The molecule has 1 aliphatic heterocycles. The Morgan fingerprint density at radius 1 is 1.07 bits per heavy atom. The van der Waals surface area contributed by atoms with Gasteiger partial charge in [0, 0.05) is 19.0 Å². The molecule has 2 atom stereocenters. The Kier molecular flexibility index (Phi) is 11.2. The Bertz CT molecular complexity index is 2160. The van der Waals surface area contributed by atoms with Gasteiger partial charge in [0.2, 0.25) is 5.91 Å². The smallest absolute Gasteiger partial charge is 0.344 e. The van der Waals surface area contributed by atoms with Crippen molar-refractivity contribution in [1.82, 2.24) is 29.3 Å². The SMILES string of the molecule is CCC1CN(Cc2cc(C(c3ccc4c(nnn4CC)c3C)C(C)(C)C(=O)Nc3cnc(OCC(=O)OC)nc3)ccc2C)S(O)(O)c2ccccc2O1. The van der Waals surface area contributed by atoms with Gasteiger partial charge in [0.1, 0.15) is 22.3 Å². The van der Waals surface area contributed by atoms with Gasteiger partial charge in [0.15, 0.2) is 6.61 Å². The van der Waals surface area contributed by atoms with Gasteiger partial charge in [-0.05, 0) is 73.2 Å². The molecule has 3 aromatic carbocycles. The minimum Gasteiger partial charge on any atom is -0.487 e. The number of fused-ring (bicyclic) bond motifs is 2. The molecule has 2 unspecified atom stereocenters. The number of hydrogen-bond donors (Lipinski definition) is 3. The highest BCUT2D eigenvalue weighted by molar-refractivity contribution is 8.22. The van der Waals surface area contributed by atoms with E-state index in [0.29, 0.717) is 35.8 Å². The van der Waals surface area contributed by atoms with Crippen LogP contribution in [-0.4, -0.2) is 76.6 Å². The molecule has 1 aliphatic rings. The van der Waals surface area contributed by atoms with E-state index in [1.165, 1.54) is 19.5 Å². The summed E-state index contributed by atoms with van der Waals surface area (Å²) in [5, 5.41) is 11.8. The van der Waals surface area contributed by atoms with Crippen molar-refractivity contribution in [2.45, 2.75) is 78.0 Å². The maximum atomic E-state index is 14.4. The lowest BCUT2D eigenvalue weighted by molar-refractivity contribution is -0.143. The number of benzene rings is 3. The second kappa shape index (κ2) is 15.7. The summed E-state index contributed by atoms with van der Waals surface area (Å²) in [6.07, 6.45) is 3.27. The molecule has 0 spiro atoms. The molecule has 0 saturated carbocycles. The zero-order valence-corrected chi connectivity index (χ0v) is 32.4. The first-order valence-electron chi connectivity index (χ1n) is 17.8. The number of nitrogens with zero attached hydrogens (tertiary/aromatic N) is 6. The molecule has 15 heteroatoms. The van der Waals surface area contributed by atoms with Crippen molar-refractivity contribution >= 4 is 39.4 Å². The van der Waals surface area contributed by atoms with Gasteiger partial charge in [-0.1, -0.05) is 62.4 Å². The molecule has 0 fully saturated rings. The number of hydrogen-bond acceptors (Lipinski definition) is 12. The highest BCUT2D eigenvalue weighted by Crippen LogP contribution is 2.57. The van der Waals surface area contributed by atoms with Crippen LogP contribution in [-0.2, 0) is 27.4 Å². The number of aromatic nitrogens is 5. The number of methoxy groups -OCH3 is 1. The standard InChI is InChI=1S/C39H47N7O7S/c1-8-29-22-45(54(49,50)33-13-11-10-12-32(33)53-29)21-27-18-26(15-14-24(27)3)35(30-16-17-31-36(25(30)4)43-44-46(31)9-2)39(5,6)37(48)42-28-19-40-38(41-20-28)52-23-34(47)51-7/h10-20,29,35,49-50H,8-9,21-23H2,1-7H3,(H,42,48). The quantitative estimate of drug-likeness (QED) is 0.113. The predicted octanol–water partition coefficient (Wildman–Crippen LogP) is 6.90. The number of carbonyl (C=O) groups is 2. The van der Waals surface area contributed by atoms with Crippen LogP contribution in [0.5, 0.6) is 11.8 Å². The number of ether oxygens (including phenoxy) is 3. The van der Waals surface area contributed by atoms with Gasteiger partial charge in [-0.25, -0.2) is 19.4 Å². The molecule has 286 valence electrons. The first-order chi connectivity index (χ1) is 25.8. The molecule has 0 saturated heterocycles. The Morgan fingerprint density at radius 2 is 1.81 bits per heavy atom. The molecule has 2 aromatic heterocycles. The number of nitrogens with one attached hydrogen (secondary N) is 1. The molecule has 0 radical (unpaired) electrons. The summed E-state index contributed by atoms with van der Waals surface area (Å²) >= 11 is 0. The van der Waals surface area contributed by atoms with Crippen LogP contribution in [0.2, 0.25) is 0 Å². The number of amides is 1. The molecular weight excluding hydrogens is 711 g/mol. The molecule has 3 N–H and O–H groups in total. The van der Waals surface area contributed by atoms with Crippen molar-refractivity contribution < 1.29 is 32.9 Å². The third-order valence-electron chi connectivity index (χ3n) is 10.0. The zero-order valence-electron chi connectivity index (χ0n) is 31.6. The zero-order chi connectivity index (χ0) is 38.8. The van der Waals surface area contributed by atoms with Crippen molar-refractivity contribution in [1.29, 1.82) is 0 Å². The average Bonchev–Trinajstić information content (AvgIpc) is 3.55. The third kappa shape index (κ3) is 7.62. The lowest BCUT2D eigenvalue weighted by Gasteiger charge is -2.42. The van der Waals surface area contributed by atoms with E-state index in [4.69, 9.17) is 9.47 Å². The minimum atomic E-state index is -3.40. The number of anilines is 1. The van der Waals surface area contributed by atoms with Crippen LogP contribution in [0.3, 0.4) is 0 Å². The molecule has 5 aromatic rings. The summed E-state index contributed by atoms with van der Waals surface area (Å²) in [5.41, 5.74) is 5.43. The van der Waals surface area contributed by atoms with E-state index in [2.05, 4.69) is 36.4 Å². The van der Waals surface area contributed by atoms with Gasteiger partial charge in [0.05, 0.1) is 42.7 Å². The Labute approximate surface area is 316 Å². The summed E-state index contributed by atoms with van der Waals surface area (Å²) < 4.78 is 43.1. The summed E-state index contributed by atoms with van der Waals surface area (Å²) in [5.74, 6) is -0.879. The molecule has 14 nitrogen and oxygen atoms in total. The first kappa shape index (κ1) is 38.6. The van der Waals surface area contributed by atoms with Crippen molar-refractivity contribution in [3.63, 3.8) is 0 Å². The van der Waals surface area contributed by atoms with Crippen LogP contribution in [0.4, 0.5) is 5.69 Å². The largest absolute Gasteiger partial charge is 0.487 e. The summed E-state index contributed by atoms with van der Waals surface area (Å²) in [6, 6.07) is 17.2. The van der Waals surface area contributed by atoms with Crippen LogP contribution >= 0.6 is 10.8 Å². The monoisotopic (exact) mass is 757 g/mol. The lowest BCUT2D eigenvalue weighted by atomic mass is 9.69. The van der Waals surface area contributed by atoms with Gasteiger partial charge in [-0.3, -0.25) is 13.9 Å². The second-order valence-electron chi connectivity index (χ2n) is 13.9. The molecule has 6 rings (SSSR count). The second-order valence-corrected chi connectivity index (χ2v) is 15.9. The van der Waals surface area contributed by atoms with Gasteiger partial charge in [0.25, 0.3) is 0 Å². The molecular formula is C39H47N7O7S. The van der Waals surface area contributed by atoms with Gasteiger partial charge in [-0.2, -0.15) is 4.31 Å². The Morgan fingerprint density at radius 3 is 2.52 bits per heavy atom. The van der Waals surface area contributed by atoms with Crippen LogP contribution in [0, 0.1) is 19.3 Å². The maximum Gasteiger partial charge on any atom is 0.344 e. The maximum absolute atomic E-state index is 14.4. The molecule has 3 heterocycles. The fourth-order valence-corrected chi connectivity index (χ4v) is 8.45. The molecule has 0 bridgehead atoms. The first-order valence-corrected chi connectivity index (χ1v) is 19.3. The fraction of sp³-hybridized carbons (Fsp3) is 0.385. The summed E-state index contributed by atoms with van der Waals surface area (Å²) in [6.45, 7) is 12.7. The van der Waals surface area contributed by atoms with Crippen molar-refractivity contribution in [2.24, 2.45) is 5.41 Å². The summed E-state index contributed by atoms with van der Waals surface area (Å²) in [4.78, 5) is 34.5. The average molecular weight is 758 g/mol. The fourth-order valence-electron chi connectivity index (χ4n) is 6.83. The van der Waals surface area contributed by atoms with E-state index >= 15 is 0 Å². The van der Waals surface area contributed by atoms with Crippen LogP contribution in [0.25, 0.3) is 11.0 Å². The normalized spacial score (nSPS) is 16.8. The molecule has 1 amide bonds. The predicted molar refractivity (Wildman–Crippen MR) is 206 cm³/mol. The molecule has 0 aliphatic carbocycles. The van der Waals surface area contributed by atoms with E-state index < -0.39 is 28.1 Å². The van der Waals surface area contributed by atoms with Crippen molar-refractivity contribution in [2.75, 3.05) is 25.6 Å². The van der Waals surface area contributed by atoms with E-state index in [9.17, 15) is 18.7 Å². The van der Waals surface area contributed by atoms with Crippen LogP contribution < -0.4 is 14.8 Å². The number of aryl methyl sites for hydroxylation is 3. The highest BCUT2D eigenvalue weighted by Gasteiger charge is 2.41. The number of rotatable bonds is 12. The van der Waals surface area contributed by atoms with Crippen molar-refractivity contribution in [3.8, 4) is 11.8 Å². The van der Waals surface area contributed by atoms with E-state index in [-0.39, 0.29) is 31.2 Å². The minimum absolute atomic E-state index is 0.0342. The third-order valence-corrected chi connectivity index (χ3v) is 12.0. The van der Waals surface area contributed by atoms with Gasteiger partial charge < -0.3 is 19.5 Å².